The molecule has 0 fully saturated rings. The molecule has 0 spiro atoms. The van der Waals surface area contributed by atoms with Gasteiger partial charge >= 0.3 is 0 Å². The van der Waals surface area contributed by atoms with Gasteiger partial charge in [-0.2, -0.15) is 0 Å². The standard InChI is InChI=1S/C20H19N3O2/c1-2-18(22-17-12-11-13-7-3-6-10-16(13)21-17)23-19(24)14-8-4-5-9-15(14)20(23)25/h2-10,17-18,21-22H,1,11-12H2. The summed E-state index contributed by atoms with van der Waals surface area (Å²) in [5, 5.41) is 6.77. The van der Waals surface area contributed by atoms with Crippen LogP contribution in [0, 0.1) is 0 Å². The zero-order chi connectivity index (χ0) is 17.4. The zero-order valence-electron chi connectivity index (χ0n) is 13.7. The van der Waals surface area contributed by atoms with Crippen molar-refractivity contribution in [2.45, 2.75) is 25.2 Å². The summed E-state index contributed by atoms with van der Waals surface area (Å²) in [6.07, 6.45) is 2.80. The Kier molecular flexibility index (Phi) is 3.86. The number of nitrogens with one attached hydrogen (secondary N) is 2. The number of fused-ring (bicyclic) bond motifs is 2. The fourth-order valence-electron chi connectivity index (χ4n) is 3.48. The molecule has 2 heterocycles. The normalized spacial score (nSPS) is 19.8. The third-order valence-electron chi connectivity index (χ3n) is 4.75. The average molecular weight is 333 g/mol. The highest BCUT2D eigenvalue weighted by molar-refractivity contribution is 6.21. The van der Waals surface area contributed by atoms with E-state index < -0.39 is 6.17 Å². The fourth-order valence-corrected chi connectivity index (χ4v) is 3.48. The maximum atomic E-state index is 12.6. The molecule has 0 radical (unpaired) electrons. The minimum absolute atomic E-state index is 0.0396. The molecule has 0 bridgehead atoms. The van der Waals surface area contributed by atoms with Gasteiger partial charge in [0.1, 0.15) is 6.17 Å². The third-order valence-corrected chi connectivity index (χ3v) is 4.75. The molecule has 2 aromatic rings. The van der Waals surface area contributed by atoms with E-state index in [1.54, 1.807) is 30.3 Å². The number of rotatable bonds is 4. The van der Waals surface area contributed by atoms with Crippen molar-refractivity contribution < 1.29 is 9.59 Å². The smallest absolute Gasteiger partial charge is 0.263 e. The summed E-state index contributed by atoms with van der Waals surface area (Å²) in [4.78, 5) is 26.5. The highest BCUT2D eigenvalue weighted by atomic mass is 16.2. The van der Waals surface area contributed by atoms with Gasteiger partial charge in [-0.1, -0.05) is 43.0 Å². The van der Waals surface area contributed by atoms with Crippen LogP contribution in [-0.4, -0.2) is 29.0 Å². The molecule has 0 saturated carbocycles. The summed E-state index contributed by atoms with van der Waals surface area (Å²) in [7, 11) is 0. The van der Waals surface area contributed by atoms with Gasteiger partial charge in [0.25, 0.3) is 11.8 Å². The molecule has 2 N–H and O–H groups in total. The van der Waals surface area contributed by atoms with Crippen LogP contribution in [0.2, 0.25) is 0 Å². The second kappa shape index (κ2) is 6.18. The van der Waals surface area contributed by atoms with Crippen LogP contribution >= 0.6 is 0 Å². The molecule has 0 aliphatic carbocycles. The summed E-state index contributed by atoms with van der Waals surface area (Å²) in [6.45, 7) is 3.81. The molecule has 0 aromatic heterocycles. The summed E-state index contributed by atoms with van der Waals surface area (Å²) >= 11 is 0. The Morgan fingerprint density at radius 1 is 1.08 bits per heavy atom. The van der Waals surface area contributed by atoms with E-state index in [4.69, 9.17) is 0 Å². The van der Waals surface area contributed by atoms with Gasteiger partial charge in [-0.05, 0) is 36.6 Å². The van der Waals surface area contributed by atoms with E-state index in [1.165, 1.54) is 10.5 Å². The molecule has 5 nitrogen and oxygen atoms in total. The van der Waals surface area contributed by atoms with Crippen LogP contribution < -0.4 is 10.6 Å². The molecule has 25 heavy (non-hydrogen) atoms. The van der Waals surface area contributed by atoms with Crippen LogP contribution in [0.1, 0.15) is 32.7 Å². The Labute approximate surface area is 146 Å². The van der Waals surface area contributed by atoms with Gasteiger partial charge in [0.15, 0.2) is 0 Å². The van der Waals surface area contributed by atoms with Gasteiger partial charge in [-0.25, -0.2) is 0 Å². The van der Waals surface area contributed by atoms with Gasteiger partial charge in [0.2, 0.25) is 0 Å². The lowest BCUT2D eigenvalue weighted by Crippen LogP contribution is -2.53. The molecule has 5 heteroatoms. The SMILES string of the molecule is C=CC(NC1CCc2ccccc2N1)N1C(=O)c2ccccc2C1=O. The van der Waals surface area contributed by atoms with Gasteiger partial charge in [0, 0.05) is 5.69 Å². The van der Waals surface area contributed by atoms with E-state index in [0.29, 0.717) is 11.1 Å². The van der Waals surface area contributed by atoms with Gasteiger partial charge in [0.05, 0.1) is 17.3 Å². The largest absolute Gasteiger partial charge is 0.370 e. The molecule has 4 rings (SSSR count). The lowest BCUT2D eigenvalue weighted by atomic mass is 10.0. The lowest BCUT2D eigenvalue weighted by molar-refractivity contribution is 0.0584. The number of imide groups is 1. The Bertz CT molecular complexity index is 827. The number of hydrogen-bond acceptors (Lipinski definition) is 4. The lowest BCUT2D eigenvalue weighted by Gasteiger charge is -2.33. The van der Waals surface area contributed by atoms with Gasteiger partial charge in [-0.3, -0.25) is 19.8 Å². The van der Waals surface area contributed by atoms with Crippen LogP contribution in [0.15, 0.2) is 61.2 Å². The fraction of sp³-hybridized carbons (Fsp3) is 0.200. The number of benzene rings is 2. The molecular weight excluding hydrogens is 314 g/mol. The van der Waals surface area contributed by atoms with Crippen molar-refractivity contribution in [3.8, 4) is 0 Å². The topological polar surface area (TPSA) is 61.4 Å². The highest BCUT2D eigenvalue weighted by Crippen LogP contribution is 2.26. The number of nitrogens with zero attached hydrogens (tertiary/aromatic N) is 1. The number of anilines is 1. The van der Waals surface area contributed by atoms with Gasteiger partial charge in [-0.15, -0.1) is 0 Å². The van der Waals surface area contributed by atoms with Crippen molar-refractivity contribution in [3.05, 3.63) is 77.9 Å². The first kappa shape index (κ1) is 15.6. The number of para-hydroxylation sites is 1. The summed E-state index contributed by atoms with van der Waals surface area (Å²) < 4.78 is 0. The Balaban J connectivity index is 1.54. The summed E-state index contributed by atoms with van der Waals surface area (Å²) in [5.41, 5.74) is 3.25. The van der Waals surface area contributed by atoms with E-state index in [-0.39, 0.29) is 18.0 Å². The second-order valence-corrected chi connectivity index (χ2v) is 6.27. The minimum atomic E-state index is -0.560. The monoisotopic (exact) mass is 333 g/mol. The molecule has 2 unspecified atom stereocenters. The maximum absolute atomic E-state index is 12.6. The highest BCUT2D eigenvalue weighted by Gasteiger charge is 2.39. The van der Waals surface area contributed by atoms with E-state index in [2.05, 4.69) is 23.3 Å². The van der Waals surface area contributed by atoms with Crippen molar-refractivity contribution >= 4 is 17.5 Å². The number of carbonyl (C=O) groups excluding carboxylic acids is 2. The molecule has 2 amide bonds. The number of carbonyl (C=O) groups is 2. The predicted molar refractivity (Wildman–Crippen MR) is 96.2 cm³/mol. The molecule has 2 aliphatic heterocycles. The van der Waals surface area contributed by atoms with Crippen LogP contribution in [0.3, 0.4) is 0 Å². The molecule has 2 aromatic carbocycles. The molecular formula is C20H19N3O2. The van der Waals surface area contributed by atoms with Crippen molar-refractivity contribution in [1.82, 2.24) is 10.2 Å². The number of aryl methyl sites for hydroxylation is 1. The van der Waals surface area contributed by atoms with E-state index in [0.717, 1.165) is 18.5 Å². The van der Waals surface area contributed by atoms with Crippen LogP contribution in [0.25, 0.3) is 0 Å². The Morgan fingerprint density at radius 3 is 2.40 bits per heavy atom. The van der Waals surface area contributed by atoms with E-state index in [1.807, 2.05) is 18.2 Å². The molecule has 2 atom stereocenters. The number of hydrogen-bond donors (Lipinski definition) is 2. The van der Waals surface area contributed by atoms with Crippen LogP contribution in [0.5, 0.6) is 0 Å². The molecule has 0 saturated heterocycles. The third kappa shape index (κ3) is 2.62. The second-order valence-electron chi connectivity index (χ2n) is 6.27. The summed E-state index contributed by atoms with van der Waals surface area (Å²) in [6, 6.07) is 15.1. The quantitative estimate of drug-likeness (QED) is 0.667. The number of amides is 2. The van der Waals surface area contributed by atoms with E-state index in [9.17, 15) is 9.59 Å². The van der Waals surface area contributed by atoms with Crippen molar-refractivity contribution in [2.24, 2.45) is 0 Å². The van der Waals surface area contributed by atoms with Crippen molar-refractivity contribution in [1.29, 1.82) is 0 Å². The maximum Gasteiger partial charge on any atom is 0.263 e. The molecule has 2 aliphatic rings. The Hall–Kier alpha value is -2.92. The average Bonchev–Trinajstić information content (AvgIpc) is 2.91. The Morgan fingerprint density at radius 2 is 1.72 bits per heavy atom. The first-order valence-electron chi connectivity index (χ1n) is 8.39. The molecule has 126 valence electrons. The van der Waals surface area contributed by atoms with Crippen LogP contribution in [0.4, 0.5) is 5.69 Å². The van der Waals surface area contributed by atoms with Gasteiger partial charge < -0.3 is 5.32 Å². The first-order valence-corrected chi connectivity index (χ1v) is 8.39. The minimum Gasteiger partial charge on any atom is -0.370 e. The van der Waals surface area contributed by atoms with Crippen LogP contribution in [-0.2, 0) is 6.42 Å². The zero-order valence-corrected chi connectivity index (χ0v) is 13.7. The van der Waals surface area contributed by atoms with E-state index >= 15 is 0 Å². The van der Waals surface area contributed by atoms with Crippen molar-refractivity contribution in [2.75, 3.05) is 5.32 Å². The predicted octanol–water partition coefficient (Wildman–Crippen LogP) is 2.77. The van der Waals surface area contributed by atoms with Crippen molar-refractivity contribution in [3.63, 3.8) is 0 Å². The first-order chi connectivity index (χ1) is 12.2. The summed E-state index contributed by atoms with van der Waals surface area (Å²) in [5.74, 6) is -0.566.